The first-order chi connectivity index (χ1) is 6.90. The Bertz CT molecular complexity index is 378. The first-order valence-electron chi connectivity index (χ1n) is 4.58. The molecular weight excluding hydrogens is 194 g/mol. The third-order valence-corrected chi connectivity index (χ3v) is 2.91. The minimum atomic E-state index is 0.866. The van der Waals surface area contributed by atoms with Crippen molar-refractivity contribution in [1.82, 2.24) is 15.1 Å². The van der Waals surface area contributed by atoms with Crippen molar-refractivity contribution in [1.29, 1.82) is 0 Å². The maximum atomic E-state index is 4.29. The Balaban J connectivity index is 2.12. The van der Waals surface area contributed by atoms with E-state index in [0.29, 0.717) is 0 Å². The Labute approximate surface area is 87.4 Å². The normalized spacial score (nSPS) is 10.6. The zero-order chi connectivity index (χ0) is 9.80. The van der Waals surface area contributed by atoms with Crippen molar-refractivity contribution in [3.05, 3.63) is 40.3 Å². The molecular formula is C10H13N3S. The fraction of sp³-hybridized carbons (Fsp3) is 0.300. The molecule has 0 radical (unpaired) electrons. The van der Waals surface area contributed by atoms with Gasteiger partial charge in [0.25, 0.3) is 0 Å². The number of hydrogen-bond acceptors (Lipinski definition) is 3. The molecule has 0 saturated carbocycles. The van der Waals surface area contributed by atoms with Gasteiger partial charge in [-0.15, -0.1) is 11.3 Å². The number of thiophene rings is 1. The highest BCUT2D eigenvalue weighted by Gasteiger charge is 2.02. The van der Waals surface area contributed by atoms with E-state index in [1.54, 1.807) is 11.3 Å². The number of nitrogens with one attached hydrogen (secondary N) is 1. The molecule has 74 valence electrons. The summed E-state index contributed by atoms with van der Waals surface area (Å²) >= 11 is 1.77. The summed E-state index contributed by atoms with van der Waals surface area (Å²) in [4.78, 5) is 1.34. The molecule has 0 amide bonds. The van der Waals surface area contributed by atoms with Crippen LogP contribution in [0.5, 0.6) is 0 Å². The van der Waals surface area contributed by atoms with E-state index in [-0.39, 0.29) is 0 Å². The van der Waals surface area contributed by atoms with Gasteiger partial charge in [-0.2, -0.15) is 5.10 Å². The number of hydrogen-bond donors (Lipinski definition) is 1. The van der Waals surface area contributed by atoms with Gasteiger partial charge in [-0.25, -0.2) is 0 Å². The average molecular weight is 207 g/mol. The van der Waals surface area contributed by atoms with Gasteiger partial charge in [-0.3, -0.25) is 4.68 Å². The van der Waals surface area contributed by atoms with Crippen LogP contribution >= 0.6 is 11.3 Å². The third kappa shape index (κ3) is 2.02. The second-order valence-electron chi connectivity index (χ2n) is 3.09. The first-order valence-corrected chi connectivity index (χ1v) is 5.46. The Morgan fingerprint density at radius 1 is 1.50 bits per heavy atom. The maximum absolute atomic E-state index is 4.29. The smallest absolute Gasteiger partial charge is 0.0755 e. The van der Waals surface area contributed by atoms with Crippen molar-refractivity contribution in [2.75, 3.05) is 7.05 Å². The zero-order valence-electron chi connectivity index (χ0n) is 8.10. The van der Waals surface area contributed by atoms with Gasteiger partial charge < -0.3 is 5.32 Å². The van der Waals surface area contributed by atoms with Crippen LogP contribution in [0.3, 0.4) is 0 Å². The van der Waals surface area contributed by atoms with Crippen molar-refractivity contribution in [2.24, 2.45) is 0 Å². The van der Waals surface area contributed by atoms with E-state index in [1.807, 2.05) is 24.0 Å². The van der Waals surface area contributed by atoms with Crippen LogP contribution < -0.4 is 5.32 Å². The van der Waals surface area contributed by atoms with Gasteiger partial charge >= 0.3 is 0 Å². The SMILES string of the molecule is CNCc1ccnn1Cc1cccs1. The molecule has 0 atom stereocenters. The summed E-state index contributed by atoms with van der Waals surface area (Å²) in [5.41, 5.74) is 1.22. The second-order valence-corrected chi connectivity index (χ2v) is 4.12. The van der Waals surface area contributed by atoms with Gasteiger partial charge in [0.1, 0.15) is 0 Å². The summed E-state index contributed by atoms with van der Waals surface area (Å²) in [6, 6.07) is 6.25. The molecule has 0 fully saturated rings. The van der Waals surface area contributed by atoms with Crippen molar-refractivity contribution in [3.63, 3.8) is 0 Å². The number of aromatic nitrogens is 2. The monoisotopic (exact) mass is 207 g/mol. The summed E-state index contributed by atoms with van der Waals surface area (Å²) in [6.07, 6.45) is 1.85. The predicted octanol–water partition coefficient (Wildman–Crippen LogP) is 1.71. The summed E-state index contributed by atoms with van der Waals surface area (Å²) in [7, 11) is 1.95. The van der Waals surface area contributed by atoms with Crippen LogP contribution in [-0.2, 0) is 13.1 Å². The lowest BCUT2D eigenvalue weighted by molar-refractivity contribution is 0.627. The molecule has 2 aromatic heterocycles. The molecule has 4 heteroatoms. The highest BCUT2D eigenvalue weighted by Crippen LogP contribution is 2.11. The van der Waals surface area contributed by atoms with Crippen LogP contribution in [-0.4, -0.2) is 16.8 Å². The van der Waals surface area contributed by atoms with E-state index in [4.69, 9.17) is 0 Å². The fourth-order valence-corrected chi connectivity index (χ4v) is 2.07. The third-order valence-electron chi connectivity index (χ3n) is 2.05. The second kappa shape index (κ2) is 4.39. The van der Waals surface area contributed by atoms with Gasteiger partial charge in [0.15, 0.2) is 0 Å². The molecule has 0 bridgehead atoms. The molecule has 0 saturated heterocycles. The van der Waals surface area contributed by atoms with Crippen LogP contribution in [0.2, 0.25) is 0 Å². The molecule has 0 aliphatic carbocycles. The Morgan fingerprint density at radius 2 is 2.43 bits per heavy atom. The minimum absolute atomic E-state index is 0.866. The highest BCUT2D eigenvalue weighted by atomic mass is 32.1. The Hall–Kier alpha value is -1.13. The zero-order valence-corrected chi connectivity index (χ0v) is 8.92. The predicted molar refractivity (Wildman–Crippen MR) is 58.4 cm³/mol. The van der Waals surface area contributed by atoms with Gasteiger partial charge in [0.2, 0.25) is 0 Å². The molecule has 0 aliphatic heterocycles. The topological polar surface area (TPSA) is 29.9 Å². The van der Waals surface area contributed by atoms with Crippen LogP contribution in [0.25, 0.3) is 0 Å². The minimum Gasteiger partial charge on any atom is -0.314 e. The fourth-order valence-electron chi connectivity index (χ4n) is 1.38. The number of nitrogens with zero attached hydrogens (tertiary/aromatic N) is 2. The van der Waals surface area contributed by atoms with E-state index in [1.165, 1.54) is 10.6 Å². The Morgan fingerprint density at radius 3 is 3.14 bits per heavy atom. The maximum Gasteiger partial charge on any atom is 0.0755 e. The molecule has 0 aromatic carbocycles. The van der Waals surface area contributed by atoms with Crippen molar-refractivity contribution in [3.8, 4) is 0 Å². The van der Waals surface area contributed by atoms with Crippen molar-refractivity contribution < 1.29 is 0 Å². The van der Waals surface area contributed by atoms with E-state index in [2.05, 4.69) is 27.9 Å². The summed E-state index contributed by atoms with van der Waals surface area (Å²) in [5.74, 6) is 0. The lowest BCUT2D eigenvalue weighted by Crippen LogP contribution is -2.12. The van der Waals surface area contributed by atoms with Gasteiger partial charge in [-0.05, 0) is 24.6 Å². The van der Waals surface area contributed by atoms with E-state index in [9.17, 15) is 0 Å². The molecule has 3 nitrogen and oxygen atoms in total. The molecule has 14 heavy (non-hydrogen) atoms. The molecule has 2 rings (SSSR count). The molecule has 0 aliphatic rings. The first kappa shape index (κ1) is 9.43. The van der Waals surface area contributed by atoms with Gasteiger partial charge in [0.05, 0.1) is 12.2 Å². The molecule has 2 aromatic rings. The van der Waals surface area contributed by atoms with Crippen LogP contribution in [0, 0.1) is 0 Å². The summed E-state index contributed by atoms with van der Waals surface area (Å²) in [5, 5.41) is 9.52. The van der Waals surface area contributed by atoms with E-state index < -0.39 is 0 Å². The molecule has 2 heterocycles. The van der Waals surface area contributed by atoms with Gasteiger partial charge in [0, 0.05) is 17.6 Å². The highest BCUT2D eigenvalue weighted by molar-refractivity contribution is 7.09. The Kier molecular flexibility index (Phi) is 2.96. The lowest BCUT2D eigenvalue weighted by atomic mass is 10.4. The van der Waals surface area contributed by atoms with Crippen molar-refractivity contribution in [2.45, 2.75) is 13.1 Å². The van der Waals surface area contributed by atoms with E-state index >= 15 is 0 Å². The lowest BCUT2D eigenvalue weighted by Gasteiger charge is -2.04. The van der Waals surface area contributed by atoms with Gasteiger partial charge in [-0.1, -0.05) is 6.07 Å². The molecule has 1 N–H and O–H groups in total. The quantitative estimate of drug-likeness (QED) is 0.827. The molecule has 0 spiro atoms. The standard InChI is InChI=1S/C10H13N3S/c1-11-7-9-4-5-12-13(9)8-10-3-2-6-14-10/h2-6,11H,7-8H2,1H3. The van der Waals surface area contributed by atoms with Crippen molar-refractivity contribution >= 4 is 11.3 Å². The molecule has 0 unspecified atom stereocenters. The van der Waals surface area contributed by atoms with Crippen LogP contribution in [0.1, 0.15) is 10.6 Å². The largest absolute Gasteiger partial charge is 0.314 e. The summed E-state index contributed by atoms with van der Waals surface area (Å²) in [6.45, 7) is 1.74. The van der Waals surface area contributed by atoms with Crippen LogP contribution in [0.4, 0.5) is 0 Å². The summed E-state index contributed by atoms with van der Waals surface area (Å²) < 4.78 is 2.03. The van der Waals surface area contributed by atoms with E-state index in [0.717, 1.165) is 13.1 Å². The number of rotatable bonds is 4. The average Bonchev–Trinajstić information content (AvgIpc) is 2.80. The van der Waals surface area contributed by atoms with Crippen LogP contribution in [0.15, 0.2) is 29.8 Å².